The fourth-order valence-electron chi connectivity index (χ4n) is 2.29. The van der Waals surface area contributed by atoms with Crippen LogP contribution in [0.25, 0.3) is 0 Å². The molecule has 1 aromatic rings. The van der Waals surface area contributed by atoms with Crippen LogP contribution in [0.3, 0.4) is 0 Å². The van der Waals surface area contributed by atoms with Crippen LogP contribution in [0.2, 0.25) is 0 Å². The van der Waals surface area contributed by atoms with Gasteiger partial charge >= 0.3 is 0 Å². The van der Waals surface area contributed by atoms with Crippen molar-refractivity contribution in [2.75, 3.05) is 31.1 Å². The van der Waals surface area contributed by atoms with Crippen LogP contribution in [-0.4, -0.2) is 32.1 Å². The Labute approximate surface area is 114 Å². The summed E-state index contributed by atoms with van der Waals surface area (Å²) in [5, 5.41) is 3.22. The summed E-state index contributed by atoms with van der Waals surface area (Å²) >= 11 is 0. The number of carbonyl (C=O) groups is 1. The maximum Gasteiger partial charge on any atom is 0.227 e. The summed E-state index contributed by atoms with van der Waals surface area (Å²) in [7, 11) is 0. The van der Waals surface area contributed by atoms with Gasteiger partial charge in [0, 0.05) is 25.2 Å². The zero-order valence-electron chi connectivity index (χ0n) is 11.7. The number of ether oxygens (including phenoxy) is 1. The number of hydrogen-bond acceptors (Lipinski definition) is 3. The highest BCUT2D eigenvalue weighted by atomic mass is 16.5. The van der Waals surface area contributed by atoms with E-state index in [1.807, 2.05) is 30.0 Å². The molecule has 1 aliphatic heterocycles. The molecule has 1 saturated heterocycles. The van der Waals surface area contributed by atoms with Gasteiger partial charge in [-0.05, 0) is 43.7 Å². The SMILES string of the molecule is CCNCCOc1ccc(N2CCCC2=O)cc1C. The summed E-state index contributed by atoms with van der Waals surface area (Å²) in [6.45, 7) is 7.40. The number of likely N-dealkylation sites (N-methyl/N-ethyl adjacent to an activating group) is 1. The van der Waals surface area contributed by atoms with Gasteiger partial charge < -0.3 is 15.0 Å². The predicted molar refractivity (Wildman–Crippen MR) is 76.8 cm³/mol. The summed E-state index contributed by atoms with van der Waals surface area (Å²) in [4.78, 5) is 13.6. The molecule has 19 heavy (non-hydrogen) atoms. The second-order valence-electron chi connectivity index (χ2n) is 4.80. The number of aryl methyl sites for hydroxylation is 1. The highest BCUT2D eigenvalue weighted by Gasteiger charge is 2.21. The maximum absolute atomic E-state index is 11.7. The van der Waals surface area contributed by atoms with E-state index >= 15 is 0 Å². The molecule has 0 spiro atoms. The van der Waals surface area contributed by atoms with Crippen molar-refractivity contribution in [1.82, 2.24) is 5.32 Å². The smallest absolute Gasteiger partial charge is 0.227 e. The summed E-state index contributed by atoms with van der Waals surface area (Å²) < 4.78 is 5.72. The number of amides is 1. The van der Waals surface area contributed by atoms with Gasteiger partial charge in [-0.15, -0.1) is 0 Å². The van der Waals surface area contributed by atoms with Crippen molar-refractivity contribution in [2.45, 2.75) is 26.7 Å². The molecule has 0 atom stereocenters. The van der Waals surface area contributed by atoms with Crippen LogP contribution in [0.1, 0.15) is 25.3 Å². The van der Waals surface area contributed by atoms with Gasteiger partial charge in [0.25, 0.3) is 0 Å². The molecule has 0 saturated carbocycles. The Hall–Kier alpha value is -1.55. The second kappa shape index (κ2) is 6.57. The Morgan fingerprint density at radius 1 is 1.42 bits per heavy atom. The molecule has 4 heteroatoms. The lowest BCUT2D eigenvalue weighted by molar-refractivity contribution is -0.117. The second-order valence-corrected chi connectivity index (χ2v) is 4.80. The molecular formula is C15H22N2O2. The fraction of sp³-hybridized carbons (Fsp3) is 0.533. The molecule has 0 unspecified atom stereocenters. The number of nitrogens with zero attached hydrogens (tertiary/aromatic N) is 1. The van der Waals surface area contributed by atoms with E-state index in [9.17, 15) is 4.79 Å². The molecule has 1 amide bonds. The summed E-state index contributed by atoms with van der Waals surface area (Å²) in [6, 6.07) is 5.97. The normalized spacial score (nSPS) is 15.1. The minimum Gasteiger partial charge on any atom is -0.492 e. The van der Waals surface area contributed by atoms with Crippen LogP contribution in [0.4, 0.5) is 5.69 Å². The van der Waals surface area contributed by atoms with Crippen molar-refractivity contribution in [1.29, 1.82) is 0 Å². The Morgan fingerprint density at radius 2 is 2.26 bits per heavy atom. The first-order valence-electron chi connectivity index (χ1n) is 6.97. The lowest BCUT2D eigenvalue weighted by Gasteiger charge is -2.17. The highest BCUT2D eigenvalue weighted by Crippen LogP contribution is 2.27. The number of hydrogen-bond donors (Lipinski definition) is 1. The molecule has 104 valence electrons. The largest absolute Gasteiger partial charge is 0.492 e. The lowest BCUT2D eigenvalue weighted by atomic mass is 10.2. The van der Waals surface area contributed by atoms with Crippen LogP contribution in [0.15, 0.2) is 18.2 Å². The maximum atomic E-state index is 11.7. The van der Waals surface area contributed by atoms with Gasteiger partial charge in [0.05, 0.1) is 0 Å². The average Bonchev–Trinajstić information content (AvgIpc) is 2.82. The molecule has 0 bridgehead atoms. The summed E-state index contributed by atoms with van der Waals surface area (Å²) in [5.41, 5.74) is 2.06. The van der Waals surface area contributed by atoms with Crippen molar-refractivity contribution < 1.29 is 9.53 Å². The predicted octanol–water partition coefficient (Wildman–Crippen LogP) is 2.11. The van der Waals surface area contributed by atoms with Crippen LogP contribution in [-0.2, 0) is 4.79 Å². The zero-order valence-corrected chi connectivity index (χ0v) is 11.7. The number of nitrogens with one attached hydrogen (secondary N) is 1. The van der Waals surface area contributed by atoms with Gasteiger partial charge in [-0.25, -0.2) is 0 Å². The highest BCUT2D eigenvalue weighted by molar-refractivity contribution is 5.95. The Kier molecular flexibility index (Phi) is 4.80. The van der Waals surface area contributed by atoms with E-state index < -0.39 is 0 Å². The van der Waals surface area contributed by atoms with E-state index in [0.717, 1.165) is 43.1 Å². The molecule has 0 aliphatic carbocycles. The van der Waals surface area contributed by atoms with E-state index in [4.69, 9.17) is 4.74 Å². The molecular weight excluding hydrogens is 240 g/mol. The fourth-order valence-corrected chi connectivity index (χ4v) is 2.29. The topological polar surface area (TPSA) is 41.6 Å². The minimum atomic E-state index is 0.222. The van der Waals surface area contributed by atoms with Gasteiger partial charge in [-0.3, -0.25) is 4.79 Å². The van der Waals surface area contributed by atoms with E-state index in [2.05, 4.69) is 12.2 Å². The lowest BCUT2D eigenvalue weighted by Crippen LogP contribution is -2.23. The van der Waals surface area contributed by atoms with Crippen LogP contribution in [0, 0.1) is 6.92 Å². The van der Waals surface area contributed by atoms with Crippen LogP contribution < -0.4 is 15.0 Å². The molecule has 0 aromatic heterocycles. The zero-order chi connectivity index (χ0) is 13.7. The van der Waals surface area contributed by atoms with Gasteiger partial charge in [0.2, 0.25) is 5.91 Å². The average molecular weight is 262 g/mol. The number of benzene rings is 1. The monoisotopic (exact) mass is 262 g/mol. The van der Waals surface area contributed by atoms with Crippen LogP contribution in [0.5, 0.6) is 5.75 Å². The molecule has 1 N–H and O–H groups in total. The Morgan fingerprint density at radius 3 is 2.89 bits per heavy atom. The van der Waals surface area contributed by atoms with E-state index in [1.165, 1.54) is 0 Å². The van der Waals surface area contributed by atoms with Crippen LogP contribution >= 0.6 is 0 Å². The molecule has 1 fully saturated rings. The first-order chi connectivity index (χ1) is 9.22. The Bertz CT molecular complexity index is 446. The molecule has 1 heterocycles. The Balaban J connectivity index is 1.98. The van der Waals surface area contributed by atoms with E-state index in [-0.39, 0.29) is 5.91 Å². The molecule has 1 aromatic carbocycles. The third-order valence-electron chi connectivity index (χ3n) is 3.33. The quantitative estimate of drug-likeness (QED) is 0.798. The van der Waals surface area contributed by atoms with Gasteiger partial charge in [0.1, 0.15) is 12.4 Å². The van der Waals surface area contributed by atoms with Crippen molar-refractivity contribution in [3.63, 3.8) is 0 Å². The first kappa shape index (κ1) is 13.9. The van der Waals surface area contributed by atoms with Gasteiger partial charge in [-0.2, -0.15) is 0 Å². The summed E-state index contributed by atoms with van der Waals surface area (Å²) in [6.07, 6.45) is 1.62. The number of anilines is 1. The molecule has 1 aliphatic rings. The van der Waals surface area contributed by atoms with Gasteiger partial charge in [-0.1, -0.05) is 6.92 Å². The third kappa shape index (κ3) is 3.47. The van der Waals surface area contributed by atoms with E-state index in [1.54, 1.807) is 0 Å². The van der Waals surface area contributed by atoms with Crippen molar-refractivity contribution in [3.8, 4) is 5.75 Å². The number of carbonyl (C=O) groups excluding carboxylic acids is 1. The molecule has 2 rings (SSSR count). The minimum absolute atomic E-state index is 0.222. The van der Waals surface area contributed by atoms with Crippen molar-refractivity contribution >= 4 is 11.6 Å². The van der Waals surface area contributed by atoms with Crippen molar-refractivity contribution in [3.05, 3.63) is 23.8 Å². The standard InChI is InChI=1S/C15H22N2O2/c1-3-16-8-10-19-14-7-6-13(11-12(14)2)17-9-4-5-15(17)18/h6-7,11,16H,3-5,8-10H2,1-2H3. The molecule has 0 radical (unpaired) electrons. The third-order valence-corrected chi connectivity index (χ3v) is 3.33. The molecule has 4 nitrogen and oxygen atoms in total. The van der Waals surface area contributed by atoms with E-state index in [0.29, 0.717) is 13.0 Å². The first-order valence-corrected chi connectivity index (χ1v) is 6.97. The van der Waals surface area contributed by atoms with Gasteiger partial charge in [0.15, 0.2) is 0 Å². The number of rotatable bonds is 6. The van der Waals surface area contributed by atoms with Crippen molar-refractivity contribution in [2.24, 2.45) is 0 Å². The summed E-state index contributed by atoms with van der Waals surface area (Å²) in [5.74, 6) is 1.12.